The molecule has 17 heavy (non-hydrogen) atoms. The van der Waals surface area contributed by atoms with Crippen LogP contribution in [-0.2, 0) is 16.0 Å². The summed E-state index contributed by atoms with van der Waals surface area (Å²) in [6.45, 7) is 0.941. The van der Waals surface area contributed by atoms with Crippen molar-refractivity contribution in [1.29, 1.82) is 0 Å². The summed E-state index contributed by atoms with van der Waals surface area (Å²) in [5, 5.41) is 3.29. The molecule has 0 spiro atoms. The maximum atomic E-state index is 11.6. The lowest BCUT2D eigenvalue weighted by atomic mass is 10.0. The summed E-state index contributed by atoms with van der Waals surface area (Å²) in [7, 11) is 0. The number of imide groups is 1. The average molecular weight is 228 g/mol. The van der Waals surface area contributed by atoms with Crippen molar-refractivity contribution in [1.82, 2.24) is 0 Å². The molecule has 0 radical (unpaired) electrons. The quantitative estimate of drug-likeness (QED) is 0.740. The summed E-state index contributed by atoms with van der Waals surface area (Å²) in [5.41, 5.74) is 2.91. The smallest absolute Gasteiger partial charge is 0.258 e. The Labute approximate surface area is 98.9 Å². The van der Waals surface area contributed by atoms with Crippen molar-refractivity contribution in [3.8, 4) is 0 Å². The number of fused-ring (bicyclic) bond motifs is 1. The van der Waals surface area contributed by atoms with Gasteiger partial charge in [0.15, 0.2) is 0 Å². The lowest BCUT2D eigenvalue weighted by Crippen LogP contribution is -2.29. The summed E-state index contributed by atoms with van der Waals surface area (Å²) in [6, 6.07) is 5.68. The third-order valence-electron chi connectivity index (χ3n) is 3.10. The largest absolute Gasteiger partial charge is 0.385 e. The van der Waals surface area contributed by atoms with Crippen molar-refractivity contribution < 1.29 is 9.59 Å². The Balaban J connectivity index is 1.99. The number of benzene rings is 1. The molecule has 0 aliphatic carbocycles. The predicted molar refractivity (Wildman–Crippen MR) is 64.9 cm³/mol. The minimum atomic E-state index is -0.272. The lowest BCUT2D eigenvalue weighted by Gasteiger charge is -2.21. The van der Waals surface area contributed by atoms with Crippen molar-refractivity contribution in [2.75, 3.05) is 16.8 Å². The SMILES string of the molecule is O=C1C=CC(=O)N1c1ccc2c(c1)NCCC2. The number of nitrogens with zero attached hydrogens (tertiary/aromatic N) is 1. The van der Waals surface area contributed by atoms with E-state index in [1.807, 2.05) is 18.2 Å². The van der Waals surface area contributed by atoms with Gasteiger partial charge in [0.05, 0.1) is 5.69 Å². The van der Waals surface area contributed by atoms with E-state index in [9.17, 15) is 9.59 Å². The third-order valence-corrected chi connectivity index (χ3v) is 3.10. The second-order valence-electron chi connectivity index (χ2n) is 4.22. The molecule has 2 heterocycles. The maximum Gasteiger partial charge on any atom is 0.258 e. The Morgan fingerprint density at radius 1 is 1.12 bits per heavy atom. The minimum absolute atomic E-state index is 0.272. The van der Waals surface area contributed by atoms with E-state index in [1.165, 1.54) is 22.6 Å². The minimum Gasteiger partial charge on any atom is -0.385 e. The van der Waals surface area contributed by atoms with Crippen LogP contribution in [0.25, 0.3) is 0 Å². The van der Waals surface area contributed by atoms with Gasteiger partial charge in [-0.25, -0.2) is 4.90 Å². The van der Waals surface area contributed by atoms with Gasteiger partial charge < -0.3 is 5.32 Å². The number of carbonyl (C=O) groups is 2. The Kier molecular flexibility index (Phi) is 2.21. The summed E-state index contributed by atoms with van der Waals surface area (Å²) in [6.07, 6.45) is 4.77. The van der Waals surface area contributed by atoms with E-state index >= 15 is 0 Å². The molecule has 4 heteroatoms. The molecular weight excluding hydrogens is 216 g/mol. The van der Waals surface area contributed by atoms with Crippen LogP contribution >= 0.6 is 0 Å². The topological polar surface area (TPSA) is 49.4 Å². The van der Waals surface area contributed by atoms with Crippen LogP contribution < -0.4 is 10.2 Å². The van der Waals surface area contributed by atoms with E-state index in [4.69, 9.17) is 0 Å². The predicted octanol–water partition coefficient (Wildman–Crippen LogP) is 1.47. The molecule has 1 N–H and O–H groups in total. The van der Waals surface area contributed by atoms with Crippen molar-refractivity contribution >= 4 is 23.2 Å². The number of anilines is 2. The highest BCUT2D eigenvalue weighted by molar-refractivity contribution is 6.28. The van der Waals surface area contributed by atoms with Crippen molar-refractivity contribution in [2.45, 2.75) is 12.8 Å². The molecule has 0 saturated carbocycles. The van der Waals surface area contributed by atoms with Gasteiger partial charge in [-0.3, -0.25) is 9.59 Å². The van der Waals surface area contributed by atoms with Gasteiger partial charge in [-0.1, -0.05) is 6.07 Å². The average Bonchev–Trinajstić information content (AvgIpc) is 2.68. The number of aryl methyl sites for hydroxylation is 1. The number of nitrogens with one attached hydrogen (secondary N) is 1. The summed E-state index contributed by atoms with van der Waals surface area (Å²) < 4.78 is 0. The first kappa shape index (κ1) is 10.1. The highest BCUT2D eigenvalue weighted by atomic mass is 16.2. The van der Waals surface area contributed by atoms with E-state index in [0.717, 1.165) is 25.1 Å². The molecule has 3 rings (SSSR count). The van der Waals surface area contributed by atoms with Gasteiger partial charge in [-0.15, -0.1) is 0 Å². The van der Waals surface area contributed by atoms with Crippen LogP contribution in [0.2, 0.25) is 0 Å². The van der Waals surface area contributed by atoms with Crippen LogP contribution in [0.1, 0.15) is 12.0 Å². The second kappa shape index (κ2) is 3.73. The van der Waals surface area contributed by atoms with Gasteiger partial charge in [-0.05, 0) is 30.5 Å². The summed E-state index contributed by atoms with van der Waals surface area (Å²) in [4.78, 5) is 24.3. The molecule has 0 atom stereocenters. The molecule has 2 aliphatic rings. The van der Waals surface area contributed by atoms with Gasteiger partial charge in [0.1, 0.15) is 0 Å². The lowest BCUT2D eigenvalue weighted by molar-refractivity contribution is -0.119. The van der Waals surface area contributed by atoms with Crippen LogP contribution in [0, 0.1) is 0 Å². The standard InChI is InChI=1S/C13H12N2O2/c16-12-5-6-13(17)15(12)10-4-3-9-2-1-7-14-11(9)8-10/h3-6,8,14H,1-2,7H2. The van der Waals surface area contributed by atoms with E-state index in [0.29, 0.717) is 5.69 Å². The van der Waals surface area contributed by atoms with E-state index in [2.05, 4.69) is 5.32 Å². The zero-order chi connectivity index (χ0) is 11.8. The molecule has 86 valence electrons. The molecular formula is C13H12N2O2. The number of hydrogen-bond acceptors (Lipinski definition) is 3. The normalized spacial score (nSPS) is 18.2. The fourth-order valence-corrected chi connectivity index (χ4v) is 2.24. The van der Waals surface area contributed by atoms with Crippen molar-refractivity contribution in [3.05, 3.63) is 35.9 Å². The summed E-state index contributed by atoms with van der Waals surface area (Å²) >= 11 is 0. The second-order valence-corrected chi connectivity index (χ2v) is 4.22. The highest BCUT2D eigenvalue weighted by Gasteiger charge is 2.25. The molecule has 1 aromatic carbocycles. The highest BCUT2D eigenvalue weighted by Crippen LogP contribution is 2.28. The fraction of sp³-hybridized carbons (Fsp3) is 0.231. The molecule has 0 saturated heterocycles. The van der Waals surface area contributed by atoms with Gasteiger partial charge in [-0.2, -0.15) is 0 Å². The van der Waals surface area contributed by atoms with E-state index in [1.54, 1.807) is 0 Å². The van der Waals surface area contributed by atoms with Crippen molar-refractivity contribution in [3.63, 3.8) is 0 Å². The number of hydrogen-bond donors (Lipinski definition) is 1. The molecule has 2 amide bonds. The number of carbonyl (C=O) groups excluding carboxylic acids is 2. The van der Waals surface area contributed by atoms with Crippen molar-refractivity contribution in [2.24, 2.45) is 0 Å². The Morgan fingerprint density at radius 2 is 1.88 bits per heavy atom. The molecule has 1 aromatic rings. The molecule has 0 unspecified atom stereocenters. The van der Waals surface area contributed by atoms with Crippen LogP contribution in [0.5, 0.6) is 0 Å². The van der Waals surface area contributed by atoms with Gasteiger partial charge in [0.25, 0.3) is 11.8 Å². The number of amides is 2. The molecule has 0 bridgehead atoms. The van der Waals surface area contributed by atoms with E-state index in [-0.39, 0.29) is 11.8 Å². The van der Waals surface area contributed by atoms with Crippen LogP contribution in [0.4, 0.5) is 11.4 Å². The monoisotopic (exact) mass is 228 g/mol. The Morgan fingerprint density at radius 3 is 2.65 bits per heavy atom. The van der Waals surface area contributed by atoms with Crippen LogP contribution in [0.15, 0.2) is 30.4 Å². The molecule has 0 aromatic heterocycles. The summed E-state index contributed by atoms with van der Waals surface area (Å²) in [5.74, 6) is -0.545. The first-order valence-electron chi connectivity index (χ1n) is 5.68. The van der Waals surface area contributed by atoms with Gasteiger partial charge in [0, 0.05) is 24.4 Å². The fourth-order valence-electron chi connectivity index (χ4n) is 2.24. The Bertz CT molecular complexity index is 516. The molecule has 0 fully saturated rings. The molecule has 2 aliphatic heterocycles. The Hall–Kier alpha value is -2.10. The van der Waals surface area contributed by atoms with Crippen LogP contribution in [0.3, 0.4) is 0 Å². The molecule has 4 nitrogen and oxygen atoms in total. The first-order chi connectivity index (χ1) is 8.25. The zero-order valence-electron chi connectivity index (χ0n) is 9.27. The third kappa shape index (κ3) is 1.62. The van der Waals surface area contributed by atoms with Gasteiger partial charge in [0.2, 0.25) is 0 Å². The number of rotatable bonds is 1. The maximum absolute atomic E-state index is 11.6. The van der Waals surface area contributed by atoms with E-state index < -0.39 is 0 Å². The first-order valence-corrected chi connectivity index (χ1v) is 5.68. The zero-order valence-corrected chi connectivity index (χ0v) is 9.27. The van der Waals surface area contributed by atoms with Crippen LogP contribution in [-0.4, -0.2) is 18.4 Å². The van der Waals surface area contributed by atoms with Gasteiger partial charge >= 0.3 is 0 Å².